The number of hydrogen-bond donors (Lipinski definition) is 3. The number of aliphatic hydroxyl groups excluding tert-OH is 1. The lowest BCUT2D eigenvalue weighted by Crippen LogP contribution is -2.25. The Kier molecular flexibility index (Phi) is 4.57. The number of aliphatic hydroxyl groups is 1. The zero-order chi connectivity index (χ0) is 12.1. The number of rotatable bonds is 4. The molecule has 1 aromatic carbocycles. The lowest BCUT2D eigenvalue weighted by molar-refractivity contribution is 0.304. The molecule has 0 aliphatic carbocycles. The maximum atomic E-state index is 8.88. The smallest absolute Gasteiger partial charge is 0.172 e. The molecule has 0 spiro atoms. The summed E-state index contributed by atoms with van der Waals surface area (Å²) in [4.78, 5) is 1.83. The van der Waals surface area contributed by atoms with Crippen molar-refractivity contribution >= 4 is 27.5 Å². The summed E-state index contributed by atoms with van der Waals surface area (Å²) in [6.45, 7) is 0.523. The number of anilines is 1. The van der Waals surface area contributed by atoms with Gasteiger partial charge in [0, 0.05) is 29.3 Å². The van der Waals surface area contributed by atoms with Crippen LogP contribution in [0.25, 0.3) is 0 Å². The van der Waals surface area contributed by atoms with Crippen LogP contribution in [0.5, 0.6) is 0 Å². The fourth-order valence-corrected chi connectivity index (χ4v) is 1.73. The summed E-state index contributed by atoms with van der Waals surface area (Å²) in [5, 5.41) is 20.6. The number of benzene rings is 1. The monoisotopic (exact) mass is 287 g/mol. The van der Waals surface area contributed by atoms with Gasteiger partial charge < -0.3 is 20.9 Å². The lowest BCUT2D eigenvalue weighted by atomic mass is 10.1. The maximum absolute atomic E-state index is 8.88. The third-order valence-corrected chi connectivity index (χ3v) is 2.68. The summed E-state index contributed by atoms with van der Waals surface area (Å²) in [6.07, 6.45) is 0. The van der Waals surface area contributed by atoms with Gasteiger partial charge in [0.1, 0.15) is 0 Å². The van der Waals surface area contributed by atoms with E-state index in [0.717, 1.165) is 10.2 Å². The first-order valence-electron chi connectivity index (χ1n) is 4.69. The minimum atomic E-state index is 0.0427. The molecule has 0 aliphatic rings. The zero-order valence-corrected chi connectivity index (χ0v) is 10.5. The Morgan fingerprint density at radius 3 is 2.81 bits per heavy atom. The Morgan fingerprint density at radius 2 is 2.25 bits per heavy atom. The predicted octanol–water partition coefficient (Wildman–Crippen LogP) is 0.972. The van der Waals surface area contributed by atoms with Crippen LogP contribution in [-0.4, -0.2) is 36.3 Å². The summed E-state index contributed by atoms with van der Waals surface area (Å²) in [5.74, 6) is 0.0427. The number of nitrogens with zero attached hydrogens (tertiary/aromatic N) is 2. The summed E-state index contributed by atoms with van der Waals surface area (Å²) in [7, 11) is 1.83. The van der Waals surface area contributed by atoms with Gasteiger partial charge in [0.05, 0.1) is 6.61 Å². The standard InChI is InChI=1S/C10H14BrN3O2/c1-14(4-5-15)9-3-2-7(11)6-8(9)10(12)13-16/h2-3,6,15-16H,4-5H2,1H3,(H2,12,13). The van der Waals surface area contributed by atoms with Crippen LogP contribution < -0.4 is 10.6 Å². The van der Waals surface area contributed by atoms with E-state index in [1.54, 1.807) is 6.07 Å². The Morgan fingerprint density at radius 1 is 1.56 bits per heavy atom. The van der Waals surface area contributed by atoms with Crippen LogP contribution in [-0.2, 0) is 0 Å². The quantitative estimate of drug-likeness (QED) is 0.334. The van der Waals surface area contributed by atoms with Gasteiger partial charge in [-0.2, -0.15) is 0 Å². The van der Waals surface area contributed by atoms with Gasteiger partial charge in [-0.3, -0.25) is 0 Å². The van der Waals surface area contributed by atoms with E-state index in [4.69, 9.17) is 16.0 Å². The molecule has 1 rings (SSSR count). The molecule has 4 N–H and O–H groups in total. The van der Waals surface area contributed by atoms with Gasteiger partial charge in [0.15, 0.2) is 5.84 Å². The van der Waals surface area contributed by atoms with Crippen molar-refractivity contribution in [2.75, 3.05) is 25.1 Å². The zero-order valence-electron chi connectivity index (χ0n) is 8.89. The first kappa shape index (κ1) is 12.8. The Hall–Kier alpha value is -1.27. The van der Waals surface area contributed by atoms with Crippen molar-refractivity contribution in [2.45, 2.75) is 0 Å². The van der Waals surface area contributed by atoms with Gasteiger partial charge >= 0.3 is 0 Å². The largest absolute Gasteiger partial charge is 0.409 e. The summed E-state index contributed by atoms with van der Waals surface area (Å²) in [5.41, 5.74) is 7.00. The Labute approximate surface area is 102 Å². The molecular weight excluding hydrogens is 274 g/mol. The van der Waals surface area contributed by atoms with Gasteiger partial charge in [-0.15, -0.1) is 0 Å². The van der Waals surface area contributed by atoms with E-state index in [2.05, 4.69) is 21.1 Å². The van der Waals surface area contributed by atoms with E-state index < -0.39 is 0 Å². The van der Waals surface area contributed by atoms with Crippen molar-refractivity contribution in [3.63, 3.8) is 0 Å². The number of amidine groups is 1. The molecule has 5 nitrogen and oxygen atoms in total. The van der Waals surface area contributed by atoms with Crippen LogP contribution in [0.4, 0.5) is 5.69 Å². The number of likely N-dealkylation sites (N-methyl/N-ethyl adjacent to an activating group) is 1. The molecule has 0 saturated carbocycles. The SMILES string of the molecule is CN(CCO)c1ccc(Br)cc1/C(N)=N/O. The molecule has 88 valence electrons. The van der Waals surface area contributed by atoms with Crippen LogP contribution in [0.3, 0.4) is 0 Å². The second-order valence-corrected chi connectivity index (χ2v) is 4.21. The van der Waals surface area contributed by atoms with Crippen molar-refractivity contribution in [1.82, 2.24) is 0 Å². The third kappa shape index (κ3) is 2.86. The molecule has 0 bridgehead atoms. The van der Waals surface area contributed by atoms with Crippen molar-refractivity contribution in [3.8, 4) is 0 Å². The first-order chi connectivity index (χ1) is 7.60. The molecule has 0 aromatic heterocycles. The fraction of sp³-hybridized carbons (Fsp3) is 0.300. The highest BCUT2D eigenvalue weighted by Crippen LogP contribution is 2.23. The van der Waals surface area contributed by atoms with Crippen molar-refractivity contribution in [2.24, 2.45) is 10.9 Å². The second-order valence-electron chi connectivity index (χ2n) is 3.29. The molecular formula is C10H14BrN3O2. The molecule has 16 heavy (non-hydrogen) atoms. The van der Waals surface area contributed by atoms with Crippen LogP contribution >= 0.6 is 15.9 Å². The minimum Gasteiger partial charge on any atom is -0.409 e. The van der Waals surface area contributed by atoms with E-state index in [0.29, 0.717) is 12.1 Å². The molecule has 1 aromatic rings. The highest BCUT2D eigenvalue weighted by molar-refractivity contribution is 9.10. The predicted molar refractivity (Wildman–Crippen MR) is 67.0 cm³/mol. The molecule has 0 saturated heterocycles. The Bertz CT molecular complexity index is 396. The molecule has 0 aliphatic heterocycles. The van der Waals surface area contributed by atoms with Gasteiger partial charge in [0.25, 0.3) is 0 Å². The fourth-order valence-electron chi connectivity index (χ4n) is 1.37. The van der Waals surface area contributed by atoms with Crippen LogP contribution in [0.15, 0.2) is 27.8 Å². The molecule has 0 atom stereocenters. The van der Waals surface area contributed by atoms with Crippen LogP contribution in [0.1, 0.15) is 5.56 Å². The van der Waals surface area contributed by atoms with Crippen LogP contribution in [0.2, 0.25) is 0 Å². The lowest BCUT2D eigenvalue weighted by Gasteiger charge is -2.21. The van der Waals surface area contributed by atoms with Gasteiger partial charge in [0.2, 0.25) is 0 Å². The summed E-state index contributed by atoms with van der Waals surface area (Å²) < 4.78 is 0.843. The first-order valence-corrected chi connectivity index (χ1v) is 5.49. The number of halogens is 1. The van der Waals surface area contributed by atoms with E-state index in [1.165, 1.54) is 0 Å². The van der Waals surface area contributed by atoms with E-state index in [-0.39, 0.29) is 12.4 Å². The average Bonchev–Trinajstić information content (AvgIpc) is 2.28. The molecule has 0 radical (unpaired) electrons. The summed E-state index contributed by atoms with van der Waals surface area (Å²) >= 11 is 3.32. The van der Waals surface area contributed by atoms with Crippen molar-refractivity contribution in [3.05, 3.63) is 28.2 Å². The van der Waals surface area contributed by atoms with E-state index >= 15 is 0 Å². The highest BCUT2D eigenvalue weighted by atomic mass is 79.9. The van der Waals surface area contributed by atoms with E-state index in [9.17, 15) is 0 Å². The number of nitrogens with two attached hydrogens (primary N) is 1. The van der Waals surface area contributed by atoms with Gasteiger partial charge in [-0.25, -0.2) is 0 Å². The number of hydrogen-bond acceptors (Lipinski definition) is 4. The van der Waals surface area contributed by atoms with Gasteiger partial charge in [-0.05, 0) is 18.2 Å². The van der Waals surface area contributed by atoms with Gasteiger partial charge in [-0.1, -0.05) is 21.1 Å². The highest BCUT2D eigenvalue weighted by Gasteiger charge is 2.11. The topological polar surface area (TPSA) is 82.1 Å². The number of oxime groups is 1. The third-order valence-electron chi connectivity index (χ3n) is 2.19. The minimum absolute atomic E-state index is 0.0427. The normalized spacial score (nSPS) is 11.6. The molecule has 0 amide bonds. The molecule has 0 heterocycles. The Balaban J connectivity index is 3.17. The summed E-state index contributed by atoms with van der Waals surface area (Å²) in [6, 6.07) is 5.46. The second kappa shape index (κ2) is 5.72. The average molecular weight is 288 g/mol. The molecule has 0 unspecified atom stereocenters. The van der Waals surface area contributed by atoms with Crippen LogP contribution in [0, 0.1) is 0 Å². The molecule has 6 heteroatoms. The maximum Gasteiger partial charge on any atom is 0.172 e. The molecule has 0 fully saturated rings. The van der Waals surface area contributed by atoms with E-state index in [1.807, 2.05) is 24.1 Å². The van der Waals surface area contributed by atoms with Crippen molar-refractivity contribution < 1.29 is 10.3 Å². The van der Waals surface area contributed by atoms with Crippen molar-refractivity contribution in [1.29, 1.82) is 0 Å².